The molecule has 1 aromatic carbocycles. The van der Waals surface area contributed by atoms with Gasteiger partial charge in [-0.3, -0.25) is 9.59 Å². The molecule has 4 unspecified atom stereocenters. The third kappa shape index (κ3) is 8.11. The quantitative estimate of drug-likeness (QED) is 0.399. The van der Waals surface area contributed by atoms with Crippen LogP contribution in [0.4, 0.5) is 4.79 Å². The molecule has 4 atom stereocenters. The maximum Gasteiger partial charge on any atom is 0.408 e. The van der Waals surface area contributed by atoms with Gasteiger partial charge in [0.2, 0.25) is 11.8 Å². The Morgan fingerprint density at radius 1 is 1.13 bits per heavy atom. The standard InChI is InChI=1S/C30H47N3O5/c1-18(2)15-23(32-29(37)38-30(5,6)7)28(36)33(24-17-19(24)3)26(21-13-14-25(34)20(4)16-21)27(35)31-22-11-9-8-10-12-22/h13-14,16,18-19,22-24,26,34H,8-12,15,17H2,1-7H3,(H,31,35)(H,32,37). The van der Waals surface area contributed by atoms with Crippen molar-refractivity contribution in [2.24, 2.45) is 11.8 Å². The molecular formula is C30H47N3O5. The van der Waals surface area contributed by atoms with Crippen molar-refractivity contribution in [1.82, 2.24) is 15.5 Å². The molecule has 2 aliphatic rings. The lowest BCUT2D eigenvalue weighted by Gasteiger charge is -2.36. The molecule has 38 heavy (non-hydrogen) atoms. The zero-order valence-corrected chi connectivity index (χ0v) is 24.2. The van der Waals surface area contributed by atoms with E-state index >= 15 is 0 Å². The first-order chi connectivity index (χ1) is 17.8. The fourth-order valence-electron chi connectivity index (χ4n) is 5.31. The number of phenolic OH excluding ortho intramolecular Hbond substituents is 1. The number of rotatable bonds is 9. The Hall–Kier alpha value is -2.77. The molecule has 212 valence electrons. The Morgan fingerprint density at radius 2 is 1.76 bits per heavy atom. The number of alkyl carbamates (subject to hydrolysis) is 1. The highest BCUT2D eigenvalue weighted by atomic mass is 16.6. The number of hydrogen-bond donors (Lipinski definition) is 3. The molecule has 0 radical (unpaired) electrons. The van der Waals surface area contributed by atoms with Crippen LogP contribution in [0.5, 0.6) is 5.75 Å². The summed E-state index contributed by atoms with van der Waals surface area (Å²) in [5.74, 6) is 0.0109. The molecule has 3 N–H and O–H groups in total. The van der Waals surface area contributed by atoms with Crippen LogP contribution in [-0.4, -0.2) is 51.6 Å². The average Bonchev–Trinajstić information content (AvgIpc) is 3.53. The second kappa shape index (κ2) is 12.4. The van der Waals surface area contributed by atoms with Crippen LogP contribution >= 0.6 is 0 Å². The predicted octanol–water partition coefficient (Wildman–Crippen LogP) is 5.37. The Labute approximate surface area is 227 Å². The number of phenols is 1. The van der Waals surface area contributed by atoms with Crippen LogP contribution in [0.15, 0.2) is 18.2 Å². The molecule has 3 rings (SSSR count). The minimum Gasteiger partial charge on any atom is -0.508 e. The fraction of sp³-hybridized carbons (Fsp3) is 0.700. The van der Waals surface area contributed by atoms with E-state index in [0.717, 1.165) is 32.1 Å². The van der Waals surface area contributed by atoms with Crippen molar-refractivity contribution < 1.29 is 24.2 Å². The summed E-state index contributed by atoms with van der Waals surface area (Å²) in [5.41, 5.74) is 0.591. The van der Waals surface area contributed by atoms with Crippen molar-refractivity contribution in [3.8, 4) is 5.75 Å². The van der Waals surface area contributed by atoms with E-state index in [2.05, 4.69) is 17.6 Å². The number of aromatic hydroxyl groups is 1. The van der Waals surface area contributed by atoms with Crippen LogP contribution in [0.3, 0.4) is 0 Å². The molecule has 0 saturated heterocycles. The monoisotopic (exact) mass is 529 g/mol. The number of carbonyl (C=O) groups excluding carboxylic acids is 3. The summed E-state index contributed by atoms with van der Waals surface area (Å²) < 4.78 is 5.47. The van der Waals surface area contributed by atoms with E-state index in [9.17, 15) is 19.5 Å². The molecule has 1 aromatic rings. The maximum atomic E-state index is 14.3. The van der Waals surface area contributed by atoms with Crippen LogP contribution in [0.2, 0.25) is 0 Å². The maximum absolute atomic E-state index is 14.3. The molecule has 8 heteroatoms. The second-order valence-electron chi connectivity index (χ2n) is 12.6. The van der Waals surface area contributed by atoms with Crippen LogP contribution in [-0.2, 0) is 14.3 Å². The smallest absolute Gasteiger partial charge is 0.408 e. The summed E-state index contributed by atoms with van der Waals surface area (Å²) in [6.45, 7) is 13.2. The van der Waals surface area contributed by atoms with Gasteiger partial charge in [0, 0.05) is 12.1 Å². The third-order valence-corrected chi connectivity index (χ3v) is 7.39. The Balaban J connectivity index is 1.99. The average molecular weight is 530 g/mol. The summed E-state index contributed by atoms with van der Waals surface area (Å²) in [4.78, 5) is 42.7. The largest absolute Gasteiger partial charge is 0.508 e. The molecule has 3 amide bonds. The fourth-order valence-corrected chi connectivity index (χ4v) is 5.31. The molecule has 0 aliphatic heterocycles. The first-order valence-electron chi connectivity index (χ1n) is 14.2. The molecule has 2 saturated carbocycles. The molecule has 8 nitrogen and oxygen atoms in total. The molecule has 0 spiro atoms. The van der Waals surface area contributed by atoms with Crippen molar-refractivity contribution in [3.05, 3.63) is 29.3 Å². The van der Waals surface area contributed by atoms with E-state index in [1.807, 2.05) is 13.8 Å². The summed E-state index contributed by atoms with van der Waals surface area (Å²) in [5, 5.41) is 16.2. The molecule has 0 aromatic heterocycles. The van der Waals surface area contributed by atoms with E-state index in [1.54, 1.807) is 50.8 Å². The lowest BCUT2D eigenvalue weighted by atomic mass is 9.94. The minimum atomic E-state index is -0.867. The number of amides is 3. The molecule has 0 bridgehead atoms. The van der Waals surface area contributed by atoms with Gasteiger partial charge in [-0.15, -0.1) is 0 Å². The Morgan fingerprint density at radius 3 is 2.29 bits per heavy atom. The summed E-state index contributed by atoms with van der Waals surface area (Å²) >= 11 is 0. The normalized spacial score (nSPS) is 21.4. The van der Waals surface area contributed by atoms with E-state index in [4.69, 9.17) is 4.74 Å². The predicted molar refractivity (Wildman–Crippen MR) is 148 cm³/mol. The van der Waals surface area contributed by atoms with Crippen molar-refractivity contribution >= 4 is 17.9 Å². The van der Waals surface area contributed by atoms with Crippen molar-refractivity contribution in [2.75, 3.05) is 0 Å². The Kier molecular flexibility index (Phi) is 9.71. The first kappa shape index (κ1) is 29.8. The van der Waals surface area contributed by atoms with Gasteiger partial charge in [-0.1, -0.05) is 46.1 Å². The van der Waals surface area contributed by atoms with Crippen LogP contribution in [0, 0.1) is 18.8 Å². The molecule has 0 heterocycles. The number of aryl methyl sites for hydroxylation is 1. The van der Waals surface area contributed by atoms with E-state index < -0.39 is 23.8 Å². The summed E-state index contributed by atoms with van der Waals surface area (Å²) in [6, 6.07) is 3.35. The van der Waals surface area contributed by atoms with E-state index in [-0.39, 0.29) is 41.5 Å². The van der Waals surface area contributed by atoms with Crippen molar-refractivity contribution in [2.45, 2.75) is 123 Å². The van der Waals surface area contributed by atoms with Gasteiger partial charge in [0.05, 0.1) is 0 Å². The highest BCUT2D eigenvalue weighted by Crippen LogP contribution is 2.41. The second-order valence-corrected chi connectivity index (χ2v) is 12.6. The topological polar surface area (TPSA) is 108 Å². The third-order valence-electron chi connectivity index (χ3n) is 7.39. The number of benzene rings is 1. The van der Waals surface area contributed by atoms with Crippen molar-refractivity contribution in [3.63, 3.8) is 0 Å². The van der Waals surface area contributed by atoms with E-state index in [1.165, 1.54) is 6.42 Å². The van der Waals surface area contributed by atoms with Crippen LogP contribution < -0.4 is 10.6 Å². The number of ether oxygens (including phenoxy) is 1. The number of nitrogens with zero attached hydrogens (tertiary/aromatic N) is 1. The molecular weight excluding hydrogens is 482 g/mol. The summed E-state index contributed by atoms with van der Waals surface area (Å²) in [6.07, 6.45) is 5.74. The lowest BCUT2D eigenvalue weighted by molar-refractivity contribution is -0.144. The number of carbonyl (C=O) groups is 3. The van der Waals surface area contributed by atoms with Crippen molar-refractivity contribution in [1.29, 1.82) is 0 Å². The van der Waals surface area contributed by atoms with Gasteiger partial charge in [-0.2, -0.15) is 0 Å². The van der Waals surface area contributed by atoms with Gasteiger partial charge >= 0.3 is 6.09 Å². The molecule has 2 fully saturated rings. The van der Waals surface area contributed by atoms with Gasteiger partial charge < -0.3 is 25.4 Å². The minimum absolute atomic E-state index is 0.0805. The van der Waals surface area contributed by atoms with Crippen LogP contribution in [0.25, 0.3) is 0 Å². The van der Waals surface area contributed by atoms with Gasteiger partial charge in [0.25, 0.3) is 0 Å². The Bertz CT molecular complexity index is 996. The van der Waals surface area contributed by atoms with Gasteiger partial charge in [-0.25, -0.2) is 4.79 Å². The lowest BCUT2D eigenvalue weighted by Crippen LogP contribution is -2.55. The summed E-state index contributed by atoms with van der Waals surface area (Å²) in [7, 11) is 0. The molecule has 2 aliphatic carbocycles. The highest BCUT2D eigenvalue weighted by Gasteiger charge is 2.48. The SMILES string of the molecule is Cc1cc(C(C(=O)NC2CCCCC2)N(C(=O)C(CC(C)C)NC(=O)OC(C)(C)C)C2CC2C)ccc1O. The zero-order valence-electron chi connectivity index (χ0n) is 24.2. The van der Waals surface area contributed by atoms with Gasteiger partial charge in [0.15, 0.2) is 0 Å². The van der Waals surface area contributed by atoms with Crippen LogP contribution in [0.1, 0.15) is 104 Å². The first-order valence-corrected chi connectivity index (χ1v) is 14.2. The number of hydrogen-bond acceptors (Lipinski definition) is 5. The van der Waals surface area contributed by atoms with Gasteiger partial charge in [0.1, 0.15) is 23.4 Å². The number of nitrogens with one attached hydrogen (secondary N) is 2. The zero-order chi connectivity index (χ0) is 28.2. The van der Waals surface area contributed by atoms with Gasteiger partial charge in [-0.05, 0) is 88.5 Å². The van der Waals surface area contributed by atoms with E-state index in [0.29, 0.717) is 17.5 Å². The highest BCUT2D eigenvalue weighted by molar-refractivity contribution is 5.92.